The third-order valence-electron chi connectivity index (χ3n) is 13.6. The summed E-state index contributed by atoms with van der Waals surface area (Å²) in [7, 11) is 0. The minimum atomic E-state index is -6.13. The SMILES string of the molecule is FC(F)(F)c1cc([B-](c2cc(C(F)(F)F)cc(C(F)(F)F)c2)(c2cc(C(F)(F)F)cc(C(F)(F)F)c2)c2cc(C(F)(F)F)cc(C(F)(F)F)c2)cc(C(F)(F)F)c1.c1ccc(C[n+]2c(-c3cc4cccccc-4c3)ccc3ccccc32)cc1. The van der Waals surface area contributed by atoms with Gasteiger partial charge < -0.3 is 0 Å². The zero-order valence-corrected chi connectivity index (χ0v) is 41.6. The molecule has 0 spiro atoms. The Labute approximate surface area is 458 Å². The van der Waals surface area contributed by atoms with Gasteiger partial charge in [0.1, 0.15) is 6.15 Å². The normalized spacial score (nSPS) is 13.3. The second-order valence-electron chi connectivity index (χ2n) is 19.1. The number of fused-ring (bicyclic) bond motifs is 2. The van der Waals surface area contributed by atoms with Crippen molar-refractivity contribution in [3.63, 3.8) is 0 Å². The van der Waals surface area contributed by atoms with Crippen LogP contribution in [0.2, 0.25) is 0 Å². The van der Waals surface area contributed by atoms with E-state index in [1.807, 2.05) is 0 Å². The molecule has 0 atom stereocenters. The Balaban J connectivity index is 0.000000280. The van der Waals surface area contributed by atoms with Crippen LogP contribution in [0.1, 0.15) is 50.1 Å². The van der Waals surface area contributed by atoms with Crippen molar-refractivity contribution in [2.45, 2.75) is 56.0 Å². The Morgan fingerprint density at radius 1 is 0.262 bits per heavy atom. The van der Waals surface area contributed by atoms with E-state index in [1.54, 1.807) is 0 Å². The van der Waals surface area contributed by atoms with Crippen LogP contribution < -0.4 is 26.4 Å². The monoisotopic (exact) mass is 1210 g/mol. The lowest BCUT2D eigenvalue weighted by atomic mass is 9.12. The van der Waals surface area contributed by atoms with Gasteiger partial charge in [0.15, 0.2) is 6.54 Å². The molecule has 0 amide bonds. The lowest BCUT2D eigenvalue weighted by Crippen LogP contribution is -2.75. The minimum Gasteiger partial charge on any atom is -0.194 e. The molecule has 0 aliphatic heterocycles. The molecule has 0 unspecified atom stereocenters. The molecule has 9 rings (SSSR count). The topological polar surface area (TPSA) is 3.88 Å². The summed E-state index contributed by atoms with van der Waals surface area (Å²) in [4.78, 5) is 0. The van der Waals surface area contributed by atoms with Crippen LogP contribution in [0.4, 0.5) is 105 Å². The van der Waals surface area contributed by atoms with Gasteiger partial charge in [0.25, 0.3) is 0 Å². The molecule has 0 fully saturated rings. The Kier molecular flexibility index (Phi) is 16.0. The molecular formula is C58H32BF24N. The third kappa shape index (κ3) is 13.3. The second-order valence-corrected chi connectivity index (χ2v) is 19.1. The number of halogens is 24. The standard InChI is InChI=1S/C32H12BF24.C26H20N/c34-25(35,36)13-1-14(26(37,38)39)6-21(5-13)33(22-7-15(27(40,41)42)2-16(8-22)28(43,44)45,23-9-17(29(46,47)48)3-18(10-23)30(49,50)51)24-11-19(31(52,53)54)4-20(12-24)32(55,56)57;1-3-9-20(10-4-1)19-27-25-14-8-7-11-21(25)15-16-26(27)24-17-22-12-5-2-6-13-23(22)18-24/h1-12H;1-18H,19H2/q-1;+1. The first-order valence-electron chi connectivity index (χ1n) is 23.9. The van der Waals surface area contributed by atoms with Gasteiger partial charge in [-0.15, -0.1) is 0 Å². The van der Waals surface area contributed by atoms with Gasteiger partial charge in [0.2, 0.25) is 11.2 Å². The molecule has 26 heteroatoms. The van der Waals surface area contributed by atoms with E-state index in [9.17, 15) is 105 Å². The molecule has 0 saturated heterocycles. The quantitative estimate of drug-likeness (QED) is 0.0851. The van der Waals surface area contributed by atoms with Crippen molar-refractivity contribution < 1.29 is 110 Å². The zero-order chi connectivity index (χ0) is 62.0. The van der Waals surface area contributed by atoms with Gasteiger partial charge >= 0.3 is 49.4 Å². The summed E-state index contributed by atoms with van der Waals surface area (Å²) in [6.07, 6.45) is -54.8. The fourth-order valence-electron chi connectivity index (χ4n) is 9.88. The fourth-order valence-corrected chi connectivity index (χ4v) is 9.88. The molecule has 0 N–H and O–H groups in total. The summed E-state index contributed by atoms with van der Waals surface area (Å²) in [6.45, 7) is 0.854. The Bertz CT molecular complexity index is 3360. The van der Waals surface area contributed by atoms with Crippen LogP contribution in [-0.4, -0.2) is 6.15 Å². The molecule has 84 heavy (non-hydrogen) atoms. The molecular weight excluding hydrogens is 1180 g/mol. The summed E-state index contributed by atoms with van der Waals surface area (Å²) in [5, 5.41) is 1.26. The molecule has 0 radical (unpaired) electrons. The van der Waals surface area contributed by atoms with Crippen molar-refractivity contribution >= 4 is 38.9 Å². The summed E-state index contributed by atoms with van der Waals surface area (Å²) in [5.74, 6) is 0. The number of alkyl halides is 24. The van der Waals surface area contributed by atoms with Gasteiger partial charge in [-0.2, -0.15) is 132 Å². The summed E-state index contributed by atoms with van der Waals surface area (Å²) < 4.78 is 343. The van der Waals surface area contributed by atoms with Gasteiger partial charge in [-0.3, -0.25) is 0 Å². The van der Waals surface area contributed by atoms with Crippen LogP contribution in [0.15, 0.2) is 182 Å². The molecule has 7 aromatic rings. The maximum atomic E-state index is 14.2. The maximum Gasteiger partial charge on any atom is 0.416 e. The molecule has 1 nitrogen and oxygen atoms in total. The van der Waals surface area contributed by atoms with Crippen LogP contribution in [-0.2, 0) is 56.0 Å². The predicted molar refractivity (Wildman–Crippen MR) is 262 cm³/mol. The van der Waals surface area contributed by atoms with Crippen LogP contribution >= 0.6 is 0 Å². The summed E-state index contributed by atoms with van der Waals surface area (Å²) >= 11 is 0. The van der Waals surface area contributed by atoms with E-state index in [0.717, 1.165) is 6.54 Å². The lowest BCUT2D eigenvalue weighted by Gasteiger charge is -2.46. The fraction of sp³-hybridized carbons (Fsp3) is 0.155. The zero-order valence-electron chi connectivity index (χ0n) is 41.6. The van der Waals surface area contributed by atoms with Gasteiger partial charge in [0, 0.05) is 28.6 Å². The molecule has 0 saturated carbocycles. The first-order chi connectivity index (χ1) is 38.6. The molecule has 6 aromatic carbocycles. The van der Waals surface area contributed by atoms with Crippen molar-refractivity contribution in [1.82, 2.24) is 0 Å². The summed E-state index contributed by atoms with van der Waals surface area (Å²) in [6, 6.07) is 30.2. The van der Waals surface area contributed by atoms with Gasteiger partial charge in [-0.1, -0.05) is 121 Å². The van der Waals surface area contributed by atoms with Gasteiger partial charge in [-0.05, 0) is 59.7 Å². The molecule has 2 aliphatic carbocycles. The first-order valence-corrected chi connectivity index (χ1v) is 23.9. The van der Waals surface area contributed by atoms with Gasteiger partial charge in [0.05, 0.1) is 44.5 Å². The van der Waals surface area contributed by atoms with Crippen molar-refractivity contribution in [1.29, 1.82) is 0 Å². The van der Waals surface area contributed by atoms with Crippen molar-refractivity contribution in [2.75, 3.05) is 0 Å². The highest BCUT2D eigenvalue weighted by Crippen LogP contribution is 2.42. The number of hydrogen-bond acceptors (Lipinski definition) is 0. The minimum absolute atomic E-state index is 0.691. The summed E-state index contributed by atoms with van der Waals surface area (Å²) in [5.41, 5.74) is -22.6. The van der Waals surface area contributed by atoms with Crippen molar-refractivity contribution in [3.05, 3.63) is 232 Å². The molecule has 1 heterocycles. The van der Waals surface area contributed by atoms with Crippen LogP contribution in [0.3, 0.4) is 0 Å². The number of rotatable bonds is 7. The van der Waals surface area contributed by atoms with Crippen LogP contribution in [0.5, 0.6) is 0 Å². The predicted octanol–water partition coefficient (Wildman–Crippen LogP) is 17.2. The number of pyridine rings is 1. The van der Waals surface area contributed by atoms with E-state index < -0.39 is 195 Å². The number of hydrogen-bond donors (Lipinski definition) is 0. The van der Waals surface area contributed by atoms with E-state index in [0.29, 0.717) is 0 Å². The molecule has 1 aromatic heterocycles. The Hall–Kier alpha value is -8.19. The molecule has 0 bridgehead atoms. The molecule has 440 valence electrons. The highest BCUT2D eigenvalue weighted by atomic mass is 19.4. The van der Waals surface area contributed by atoms with E-state index in [2.05, 4.69) is 114 Å². The van der Waals surface area contributed by atoms with E-state index in [1.165, 1.54) is 38.9 Å². The molecule has 2 aliphatic rings. The van der Waals surface area contributed by atoms with E-state index in [-0.39, 0.29) is 0 Å². The van der Waals surface area contributed by atoms with Crippen molar-refractivity contribution in [2.24, 2.45) is 0 Å². The van der Waals surface area contributed by atoms with Gasteiger partial charge in [-0.25, -0.2) is 0 Å². The Morgan fingerprint density at radius 2 is 0.536 bits per heavy atom. The van der Waals surface area contributed by atoms with Crippen LogP contribution in [0.25, 0.3) is 33.3 Å². The maximum absolute atomic E-state index is 14.2. The third-order valence-corrected chi connectivity index (χ3v) is 13.6. The average Bonchev–Trinajstić information content (AvgIpc) is 0.860. The lowest BCUT2D eigenvalue weighted by molar-refractivity contribution is -0.651. The Morgan fingerprint density at radius 3 is 0.833 bits per heavy atom. The number of para-hydroxylation sites is 1. The second kappa shape index (κ2) is 21.8. The largest absolute Gasteiger partial charge is 0.416 e. The van der Waals surface area contributed by atoms with E-state index in [4.69, 9.17) is 0 Å². The first kappa shape index (κ1) is 61.9. The smallest absolute Gasteiger partial charge is 0.194 e. The van der Waals surface area contributed by atoms with Crippen LogP contribution in [0, 0.1) is 0 Å². The number of benzene rings is 6. The highest BCUT2D eigenvalue weighted by Gasteiger charge is 2.47. The highest BCUT2D eigenvalue weighted by molar-refractivity contribution is 7.20. The van der Waals surface area contributed by atoms with Crippen molar-refractivity contribution in [3.8, 4) is 22.4 Å². The number of nitrogens with zero attached hydrogens (tertiary/aromatic N) is 1. The average molecular weight is 1210 g/mol. The van der Waals surface area contributed by atoms with E-state index >= 15 is 0 Å². The number of aromatic nitrogens is 1.